The Bertz CT molecular complexity index is 309. The predicted octanol–water partition coefficient (Wildman–Crippen LogP) is 1.31. The van der Waals surface area contributed by atoms with Gasteiger partial charge in [-0.05, 0) is 31.0 Å². The lowest BCUT2D eigenvalue weighted by molar-refractivity contribution is 0.301. The molecule has 0 unspecified atom stereocenters. The molecule has 1 atom stereocenters. The van der Waals surface area contributed by atoms with Crippen LogP contribution in [0, 0.1) is 0 Å². The summed E-state index contributed by atoms with van der Waals surface area (Å²) in [5.41, 5.74) is 6.91. The first-order valence-electron chi connectivity index (χ1n) is 5.76. The molecule has 90 valence electrons. The summed E-state index contributed by atoms with van der Waals surface area (Å²) < 4.78 is 0. The highest BCUT2D eigenvalue weighted by molar-refractivity contribution is 5.41. The van der Waals surface area contributed by atoms with Crippen molar-refractivity contribution in [1.82, 2.24) is 4.98 Å². The summed E-state index contributed by atoms with van der Waals surface area (Å²) in [5, 5.41) is 9.01. The lowest BCUT2D eigenvalue weighted by Gasteiger charge is -2.22. The van der Waals surface area contributed by atoms with Gasteiger partial charge in [0.05, 0.1) is 6.61 Å². The normalized spacial score (nSPS) is 12.5. The van der Waals surface area contributed by atoms with Crippen LogP contribution in [-0.2, 0) is 0 Å². The van der Waals surface area contributed by atoms with Crippen molar-refractivity contribution < 1.29 is 5.11 Å². The van der Waals surface area contributed by atoms with Crippen LogP contribution in [0.25, 0.3) is 0 Å². The number of hydrogen-bond donors (Lipinski definition) is 2. The van der Waals surface area contributed by atoms with E-state index in [2.05, 4.69) is 16.8 Å². The number of rotatable bonds is 6. The molecular formula is C12H21N3O. The molecule has 0 bridgehead atoms. The highest BCUT2D eigenvalue weighted by atomic mass is 16.3. The molecule has 1 heterocycles. The van der Waals surface area contributed by atoms with Crippen LogP contribution in [0.1, 0.15) is 31.9 Å². The molecule has 0 aliphatic heterocycles. The monoisotopic (exact) mass is 223 g/mol. The summed E-state index contributed by atoms with van der Waals surface area (Å²) in [4.78, 5) is 6.39. The molecule has 0 saturated carbocycles. The Balaban J connectivity index is 2.86. The van der Waals surface area contributed by atoms with Crippen molar-refractivity contribution in [3.8, 4) is 0 Å². The van der Waals surface area contributed by atoms with Crippen LogP contribution >= 0.6 is 0 Å². The van der Waals surface area contributed by atoms with Gasteiger partial charge in [-0.1, -0.05) is 6.92 Å². The first-order chi connectivity index (χ1) is 7.69. The number of aliphatic hydroxyl groups is 1. The number of anilines is 1. The third-order valence-corrected chi connectivity index (χ3v) is 2.48. The molecule has 0 spiro atoms. The van der Waals surface area contributed by atoms with Crippen LogP contribution in [0.4, 0.5) is 5.82 Å². The maximum absolute atomic E-state index is 9.01. The lowest BCUT2D eigenvalue weighted by atomic mass is 10.1. The van der Waals surface area contributed by atoms with Gasteiger partial charge >= 0.3 is 0 Å². The molecule has 16 heavy (non-hydrogen) atoms. The van der Waals surface area contributed by atoms with E-state index in [4.69, 9.17) is 10.8 Å². The maximum Gasteiger partial charge on any atom is 0.128 e. The van der Waals surface area contributed by atoms with Crippen molar-refractivity contribution in [3.05, 3.63) is 23.9 Å². The zero-order valence-corrected chi connectivity index (χ0v) is 10.1. The van der Waals surface area contributed by atoms with E-state index in [1.165, 1.54) is 0 Å². The van der Waals surface area contributed by atoms with Crippen molar-refractivity contribution in [1.29, 1.82) is 0 Å². The number of nitrogens with zero attached hydrogens (tertiary/aromatic N) is 2. The minimum atomic E-state index is 0.0133. The number of nitrogens with two attached hydrogens (primary N) is 1. The van der Waals surface area contributed by atoms with Gasteiger partial charge in [-0.25, -0.2) is 4.98 Å². The van der Waals surface area contributed by atoms with Crippen molar-refractivity contribution in [2.75, 3.05) is 24.6 Å². The molecule has 1 aromatic heterocycles. The van der Waals surface area contributed by atoms with Crippen LogP contribution in [-0.4, -0.2) is 29.8 Å². The summed E-state index contributed by atoms with van der Waals surface area (Å²) in [7, 11) is 0. The molecule has 4 nitrogen and oxygen atoms in total. The van der Waals surface area contributed by atoms with Crippen molar-refractivity contribution in [3.63, 3.8) is 0 Å². The van der Waals surface area contributed by atoms with Crippen LogP contribution in [0.2, 0.25) is 0 Å². The Morgan fingerprint density at radius 2 is 2.25 bits per heavy atom. The Morgan fingerprint density at radius 3 is 2.81 bits per heavy atom. The fourth-order valence-electron chi connectivity index (χ4n) is 1.62. The van der Waals surface area contributed by atoms with Gasteiger partial charge in [0.15, 0.2) is 0 Å². The molecule has 0 aliphatic rings. The topological polar surface area (TPSA) is 62.4 Å². The van der Waals surface area contributed by atoms with Gasteiger partial charge in [-0.3, -0.25) is 0 Å². The van der Waals surface area contributed by atoms with E-state index in [1.54, 1.807) is 6.20 Å². The molecular weight excluding hydrogens is 202 g/mol. The highest BCUT2D eigenvalue weighted by Crippen LogP contribution is 2.16. The SMILES string of the molecule is CCCN(CCO)c1cc([C@H](C)N)ccn1. The molecule has 0 aliphatic carbocycles. The van der Waals surface area contributed by atoms with Gasteiger partial charge in [0.1, 0.15) is 5.82 Å². The van der Waals surface area contributed by atoms with Gasteiger partial charge in [0.2, 0.25) is 0 Å². The second-order valence-corrected chi connectivity index (χ2v) is 3.95. The first kappa shape index (κ1) is 12.9. The average molecular weight is 223 g/mol. The fourth-order valence-corrected chi connectivity index (χ4v) is 1.62. The molecule has 1 rings (SSSR count). The van der Waals surface area contributed by atoms with E-state index in [0.29, 0.717) is 6.54 Å². The van der Waals surface area contributed by atoms with E-state index in [0.717, 1.165) is 24.3 Å². The van der Waals surface area contributed by atoms with Crippen LogP contribution in [0.5, 0.6) is 0 Å². The Hall–Kier alpha value is -1.13. The van der Waals surface area contributed by atoms with E-state index in [-0.39, 0.29) is 12.6 Å². The van der Waals surface area contributed by atoms with Crippen LogP contribution in [0.3, 0.4) is 0 Å². The first-order valence-corrected chi connectivity index (χ1v) is 5.76. The Morgan fingerprint density at radius 1 is 1.50 bits per heavy atom. The van der Waals surface area contributed by atoms with Crippen molar-refractivity contribution in [2.45, 2.75) is 26.3 Å². The summed E-state index contributed by atoms with van der Waals surface area (Å²) in [6.45, 7) is 5.72. The van der Waals surface area contributed by atoms with Gasteiger partial charge in [0.25, 0.3) is 0 Å². The largest absolute Gasteiger partial charge is 0.395 e. The molecule has 0 radical (unpaired) electrons. The second kappa shape index (κ2) is 6.45. The Kier molecular flexibility index (Phi) is 5.22. The molecule has 1 aromatic rings. The molecule has 3 N–H and O–H groups in total. The summed E-state index contributed by atoms with van der Waals surface area (Å²) in [6.07, 6.45) is 2.80. The predicted molar refractivity (Wildman–Crippen MR) is 66.4 cm³/mol. The van der Waals surface area contributed by atoms with Crippen LogP contribution in [0.15, 0.2) is 18.3 Å². The quantitative estimate of drug-likeness (QED) is 0.763. The number of aromatic nitrogens is 1. The minimum absolute atomic E-state index is 0.0133. The zero-order valence-electron chi connectivity index (χ0n) is 10.1. The van der Waals surface area contributed by atoms with Gasteiger partial charge in [-0.15, -0.1) is 0 Å². The molecule has 4 heteroatoms. The lowest BCUT2D eigenvalue weighted by Crippen LogP contribution is -2.28. The summed E-state index contributed by atoms with van der Waals surface area (Å²) in [6, 6.07) is 3.94. The highest BCUT2D eigenvalue weighted by Gasteiger charge is 2.08. The molecule has 0 aromatic carbocycles. The fraction of sp³-hybridized carbons (Fsp3) is 0.583. The molecule has 0 fully saturated rings. The van der Waals surface area contributed by atoms with E-state index in [1.807, 2.05) is 19.1 Å². The molecule has 0 amide bonds. The van der Waals surface area contributed by atoms with Gasteiger partial charge in [0, 0.05) is 25.3 Å². The zero-order chi connectivity index (χ0) is 12.0. The van der Waals surface area contributed by atoms with Crippen molar-refractivity contribution in [2.24, 2.45) is 5.73 Å². The third kappa shape index (κ3) is 3.47. The third-order valence-electron chi connectivity index (χ3n) is 2.48. The average Bonchev–Trinajstić information content (AvgIpc) is 2.29. The van der Waals surface area contributed by atoms with Gasteiger partial charge < -0.3 is 15.7 Å². The molecule has 0 saturated heterocycles. The van der Waals surface area contributed by atoms with E-state index >= 15 is 0 Å². The number of pyridine rings is 1. The van der Waals surface area contributed by atoms with E-state index in [9.17, 15) is 0 Å². The van der Waals surface area contributed by atoms with Crippen molar-refractivity contribution >= 4 is 5.82 Å². The number of hydrogen-bond acceptors (Lipinski definition) is 4. The second-order valence-electron chi connectivity index (χ2n) is 3.95. The van der Waals surface area contributed by atoms with E-state index < -0.39 is 0 Å². The minimum Gasteiger partial charge on any atom is -0.395 e. The Labute approximate surface area is 97.1 Å². The standard InChI is InChI=1S/C12H21N3O/c1-3-6-15(7-8-16)12-9-11(10(2)13)4-5-14-12/h4-5,9-10,16H,3,6-8,13H2,1-2H3/t10-/m0/s1. The van der Waals surface area contributed by atoms with Gasteiger partial charge in [-0.2, -0.15) is 0 Å². The maximum atomic E-state index is 9.01. The smallest absolute Gasteiger partial charge is 0.128 e. The number of aliphatic hydroxyl groups excluding tert-OH is 1. The summed E-state index contributed by atoms with van der Waals surface area (Å²) >= 11 is 0. The van der Waals surface area contributed by atoms with Crippen LogP contribution < -0.4 is 10.6 Å². The summed E-state index contributed by atoms with van der Waals surface area (Å²) in [5.74, 6) is 0.894.